The predicted octanol–water partition coefficient (Wildman–Crippen LogP) is 6.16. The zero-order valence-corrected chi connectivity index (χ0v) is 18.7. The maximum Gasteiger partial charge on any atom is 0.157 e. The molecular weight excluding hydrogens is 529 g/mol. The molecule has 1 aliphatic rings. The molecule has 0 bridgehead atoms. The van der Waals surface area contributed by atoms with Gasteiger partial charge in [0.2, 0.25) is 0 Å². The van der Waals surface area contributed by atoms with E-state index in [2.05, 4.69) is 90.5 Å². The highest BCUT2D eigenvalue weighted by molar-refractivity contribution is 14.1. The number of fused-ring (bicyclic) bond motifs is 3. The van der Waals surface area contributed by atoms with Gasteiger partial charge in [-0.3, -0.25) is 9.56 Å². The maximum absolute atomic E-state index is 5.72. The van der Waals surface area contributed by atoms with Crippen molar-refractivity contribution in [2.45, 2.75) is 13.5 Å². The Balaban J connectivity index is 1.77. The second kappa shape index (κ2) is 7.00. The highest BCUT2D eigenvalue weighted by Crippen LogP contribution is 2.34. The molecule has 6 heteroatoms. The minimum absolute atomic E-state index is 0.530. The fourth-order valence-corrected chi connectivity index (χ4v) is 4.57. The molecule has 0 atom stereocenters. The SMILES string of the molecule is Cc1ccoc1-c1ncn2c1CN=C(c1ccccc1I)c1cc(Br)ccc1-2. The van der Waals surface area contributed by atoms with Crippen molar-refractivity contribution >= 4 is 44.2 Å². The first-order chi connectivity index (χ1) is 13.6. The molecule has 138 valence electrons. The predicted molar refractivity (Wildman–Crippen MR) is 122 cm³/mol. The largest absolute Gasteiger partial charge is 0.462 e. The van der Waals surface area contributed by atoms with Crippen LogP contribution in [0.2, 0.25) is 0 Å². The van der Waals surface area contributed by atoms with Crippen molar-refractivity contribution < 1.29 is 4.42 Å². The van der Waals surface area contributed by atoms with Gasteiger partial charge in [-0.15, -0.1) is 0 Å². The van der Waals surface area contributed by atoms with Gasteiger partial charge < -0.3 is 4.42 Å². The molecule has 0 saturated carbocycles. The second-order valence-corrected chi connectivity index (χ2v) is 8.73. The van der Waals surface area contributed by atoms with Gasteiger partial charge in [-0.05, 0) is 65.4 Å². The minimum atomic E-state index is 0.530. The number of imidazole rings is 1. The van der Waals surface area contributed by atoms with Gasteiger partial charge in [-0.1, -0.05) is 34.1 Å². The van der Waals surface area contributed by atoms with Crippen molar-refractivity contribution in [3.05, 3.63) is 91.5 Å². The Morgan fingerprint density at radius 3 is 2.75 bits per heavy atom. The van der Waals surface area contributed by atoms with E-state index in [0.717, 1.165) is 49.7 Å². The topological polar surface area (TPSA) is 43.3 Å². The number of furan rings is 1. The zero-order valence-electron chi connectivity index (χ0n) is 15.0. The molecule has 0 N–H and O–H groups in total. The Kier molecular flexibility index (Phi) is 4.47. The Bertz CT molecular complexity index is 1240. The first-order valence-corrected chi connectivity index (χ1v) is 10.7. The van der Waals surface area contributed by atoms with E-state index in [0.29, 0.717) is 6.54 Å². The van der Waals surface area contributed by atoms with E-state index in [4.69, 9.17) is 9.41 Å². The highest BCUT2D eigenvalue weighted by atomic mass is 127. The lowest BCUT2D eigenvalue weighted by molar-refractivity contribution is 0.578. The van der Waals surface area contributed by atoms with E-state index in [1.165, 1.54) is 3.57 Å². The molecule has 0 amide bonds. The minimum Gasteiger partial charge on any atom is -0.462 e. The van der Waals surface area contributed by atoms with E-state index in [-0.39, 0.29) is 0 Å². The Morgan fingerprint density at radius 1 is 1.11 bits per heavy atom. The number of halogens is 2. The van der Waals surface area contributed by atoms with Gasteiger partial charge in [0.25, 0.3) is 0 Å². The third kappa shape index (κ3) is 2.86. The quantitative estimate of drug-likeness (QED) is 0.284. The standard InChI is InChI=1S/C22H15BrIN3O/c1-13-8-9-28-22(13)21-19-11-25-20(15-4-2-3-5-17(15)24)16-10-14(23)6-7-18(16)27(19)12-26-21/h2-10,12H,11H2,1H3. The summed E-state index contributed by atoms with van der Waals surface area (Å²) in [6.45, 7) is 2.56. The molecular formula is C22H15BrIN3O. The molecule has 28 heavy (non-hydrogen) atoms. The van der Waals surface area contributed by atoms with Gasteiger partial charge in [0.15, 0.2) is 5.76 Å². The summed E-state index contributed by atoms with van der Waals surface area (Å²) in [7, 11) is 0. The fourth-order valence-electron chi connectivity index (χ4n) is 3.57. The Labute approximate surface area is 184 Å². The van der Waals surface area contributed by atoms with Crippen molar-refractivity contribution in [1.82, 2.24) is 9.55 Å². The van der Waals surface area contributed by atoms with Crippen LogP contribution >= 0.6 is 38.5 Å². The lowest BCUT2D eigenvalue weighted by Gasteiger charge is -2.13. The van der Waals surface area contributed by atoms with Gasteiger partial charge in [0, 0.05) is 19.2 Å². The van der Waals surface area contributed by atoms with Crippen LogP contribution in [0.3, 0.4) is 0 Å². The summed E-state index contributed by atoms with van der Waals surface area (Å²) in [6.07, 6.45) is 3.58. The third-order valence-corrected chi connectivity index (χ3v) is 6.37. The summed E-state index contributed by atoms with van der Waals surface area (Å²) in [5, 5.41) is 0. The number of aryl methyl sites for hydroxylation is 1. The highest BCUT2D eigenvalue weighted by Gasteiger charge is 2.24. The van der Waals surface area contributed by atoms with Gasteiger partial charge in [0.1, 0.15) is 12.0 Å². The molecule has 2 aromatic carbocycles. The zero-order chi connectivity index (χ0) is 19.3. The van der Waals surface area contributed by atoms with Gasteiger partial charge >= 0.3 is 0 Å². The molecule has 0 saturated heterocycles. The third-order valence-electron chi connectivity index (χ3n) is 4.93. The summed E-state index contributed by atoms with van der Waals surface area (Å²) < 4.78 is 10.1. The summed E-state index contributed by atoms with van der Waals surface area (Å²) in [4.78, 5) is 9.71. The molecule has 0 unspecified atom stereocenters. The normalized spacial score (nSPS) is 12.9. The van der Waals surface area contributed by atoms with Crippen LogP contribution in [0.4, 0.5) is 0 Å². The summed E-state index contributed by atoms with van der Waals surface area (Å²) in [6, 6.07) is 16.6. The average molecular weight is 544 g/mol. The van der Waals surface area contributed by atoms with Crippen LogP contribution in [0.5, 0.6) is 0 Å². The van der Waals surface area contributed by atoms with Crippen LogP contribution in [0.15, 0.2) is 75.0 Å². The maximum atomic E-state index is 5.72. The van der Waals surface area contributed by atoms with Crippen molar-refractivity contribution in [2.75, 3.05) is 0 Å². The number of nitrogens with zero attached hydrogens (tertiary/aromatic N) is 3. The fraction of sp³-hybridized carbons (Fsp3) is 0.0909. The summed E-state index contributed by atoms with van der Waals surface area (Å²) in [5.74, 6) is 0.806. The van der Waals surface area contributed by atoms with E-state index >= 15 is 0 Å². The van der Waals surface area contributed by atoms with Crippen LogP contribution < -0.4 is 0 Å². The van der Waals surface area contributed by atoms with E-state index < -0.39 is 0 Å². The molecule has 0 aliphatic carbocycles. The van der Waals surface area contributed by atoms with Crippen molar-refractivity contribution in [3.63, 3.8) is 0 Å². The number of rotatable bonds is 2. The van der Waals surface area contributed by atoms with Crippen LogP contribution in [0.1, 0.15) is 22.4 Å². The second-order valence-electron chi connectivity index (χ2n) is 6.65. The summed E-state index contributed by atoms with van der Waals surface area (Å²) in [5.41, 5.74) is 7.23. The summed E-state index contributed by atoms with van der Waals surface area (Å²) >= 11 is 6.00. The van der Waals surface area contributed by atoms with Crippen LogP contribution in [-0.4, -0.2) is 15.3 Å². The molecule has 5 rings (SSSR count). The first kappa shape index (κ1) is 17.9. The van der Waals surface area contributed by atoms with Crippen molar-refractivity contribution in [3.8, 4) is 17.1 Å². The number of benzene rings is 2. The lowest BCUT2D eigenvalue weighted by Crippen LogP contribution is -2.08. The molecule has 0 radical (unpaired) electrons. The Hall–Kier alpha value is -2.19. The van der Waals surface area contributed by atoms with E-state index in [1.807, 2.05) is 19.3 Å². The molecule has 1 aliphatic heterocycles. The molecule has 4 aromatic rings. The number of hydrogen-bond donors (Lipinski definition) is 0. The van der Waals surface area contributed by atoms with Gasteiger partial charge in [-0.2, -0.15) is 0 Å². The Morgan fingerprint density at radius 2 is 1.96 bits per heavy atom. The lowest BCUT2D eigenvalue weighted by atomic mass is 10.0. The van der Waals surface area contributed by atoms with E-state index in [9.17, 15) is 0 Å². The van der Waals surface area contributed by atoms with Crippen molar-refractivity contribution in [1.29, 1.82) is 0 Å². The monoisotopic (exact) mass is 543 g/mol. The molecule has 0 fully saturated rings. The molecule has 4 nitrogen and oxygen atoms in total. The van der Waals surface area contributed by atoms with Gasteiger partial charge in [-0.25, -0.2) is 4.98 Å². The number of hydrogen-bond acceptors (Lipinski definition) is 3. The molecule has 0 spiro atoms. The number of aromatic nitrogens is 2. The average Bonchev–Trinajstić information content (AvgIpc) is 3.25. The van der Waals surface area contributed by atoms with E-state index in [1.54, 1.807) is 6.26 Å². The number of aliphatic imine (C=N–C) groups is 1. The molecule has 3 heterocycles. The van der Waals surface area contributed by atoms with Gasteiger partial charge in [0.05, 0.1) is 29.9 Å². The smallest absolute Gasteiger partial charge is 0.157 e. The van der Waals surface area contributed by atoms with Crippen LogP contribution in [-0.2, 0) is 6.54 Å². The first-order valence-electron chi connectivity index (χ1n) is 8.84. The van der Waals surface area contributed by atoms with Crippen molar-refractivity contribution in [2.24, 2.45) is 4.99 Å². The van der Waals surface area contributed by atoms with Crippen LogP contribution in [0.25, 0.3) is 17.1 Å². The van der Waals surface area contributed by atoms with Crippen LogP contribution in [0, 0.1) is 10.5 Å². The molecule has 2 aromatic heterocycles.